The third kappa shape index (κ3) is 2.92. The summed E-state index contributed by atoms with van der Waals surface area (Å²) in [6, 6.07) is 3.94. The predicted molar refractivity (Wildman–Crippen MR) is 84.3 cm³/mol. The van der Waals surface area contributed by atoms with Crippen molar-refractivity contribution in [3.05, 3.63) is 35.1 Å². The molecule has 0 bridgehead atoms. The standard InChI is InChI=1S/C16H19N3O2S/c20-16-14(21-16)13-12(10-19-8-2-1-3-9-19)22-15(18-13)11-4-6-17-7-5-11/h4-7,14,16,20H,1-3,8-10H2. The quantitative estimate of drug-likeness (QED) is 0.878. The van der Waals surface area contributed by atoms with E-state index in [1.165, 1.54) is 24.1 Å². The van der Waals surface area contributed by atoms with Crippen molar-refractivity contribution in [3.8, 4) is 10.6 Å². The van der Waals surface area contributed by atoms with Gasteiger partial charge in [0.2, 0.25) is 0 Å². The molecule has 0 amide bonds. The predicted octanol–water partition coefficient (Wildman–Crippen LogP) is 2.58. The van der Waals surface area contributed by atoms with Gasteiger partial charge in [0, 0.05) is 29.4 Å². The molecule has 4 heterocycles. The van der Waals surface area contributed by atoms with Gasteiger partial charge in [-0.05, 0) is 38.1 Å². The SMILES string of the molecule is OC1OC1c1nc(-c2ccncc2)sc1CN1CCCCC1. The van der Waals surface area contributed by atoms with Gasteiger partial charge in [-0.25, -0.2) is 4.98 Å². The van der Waals surface area contributed by atoms with Gasteiger partial charge in [-0.2, -0.15) is 0 Å². The fourth-order valence-corrected chi connectivity index (χ4v) is 4.09. The third-order valence-electron chi connectivity index (χ3n) is 4.21. The molecule has 0 aromatic carbocycles. The summed E-state index contributed by atoms with van der Waals surface area (Å²) < 4.78 is 5.25. The molecule has 0 aliphatic carbocycles. The number of rotatable bonds is 4. The Morgan fingerprint density at radius 2 is 1.95 bits per heavy atom. The van der Waals surface area contributed by atoms with Crippen molar-refractivity contribution in [2.75, 3.05) is 13.1 Å². The van der Waals surface area contributed by atoms with Crippen molar-refractivity contribution in [2.45, 2.75) is 38.2 Å². The zero-order valence-electron chi connectivity index (χ0n) is 12.3. The van der Waals surface area contributed by atoms with Crippen molar-refractivity contribution in [2.24, 2.45) is 0 Å². The van der Waals surface area contributed by atoms with Gasteiger partial charge >= 0.3 is 0 Å². The number of aliphatic hydroxyl groups is 1. The van der Waals surface area contributed by atoms with Crippen LogP contribution in [0.5, 0.6) is 0 Å². The lowest BCUT2D eigenvalue weighted by Gasteiger charge is -2.25. The van der Waals surface area contributed by atoms with E-state index in [0.717, 1.165) is 35.9 Å². The highest BCUT2D eigenvalue weighted by Crippen LogP contribution is 2.42. The minimum Gasteiger partial charge on any atom is -0.365 e. The maximum absolute atomic E-state index is 9.61. The van der Waals surface area contributed by atoms with Gasteiger partial charge in [0.05, 0.1) is 5.69 Å². The number of pyridine rings is 1. The molecule has 2 fully saturated rings. The number of hydrogen-bond acceptors (Lipinski definition) is 6. The van der Waals surface area contributed by atoms with E-state index in [4.69, 9.17) is 9.72 Å². The number of likely N-dealkylation sites (tertiary alicyclic amines) is 1. The second-order valence-electron chi connectivity index (χ2n) is 5.85. The molecule has 116 valence electrons. The summed E-state index contributed by atoms with van der Waals surface area (Å²) in [4.78, 5) is 12.5. The molecule has 2 aliphatic heterocycles. The smallest absolute Gasteiger partial charge is 0.188 e. The molecule has 0 spiro atoms. The largest absolute Gasteiger partial charge is 0.365 e. The lowest BCUT2D eigenvalue weighted by atomic mass is 10.1. The fourth-order valence-electron chi connectivity index (χ4n) is 2.94. The zero-order chi connectivity index (χ0) is 14.9. The van der Waals surface area contributed by atoms with Crippen LogP contribution >= 0.6 is 11.3 Å². The molecule has 5 nitrogen and oxygen atoms in total. The van der Waals surface area contributed by atoms with E-state index in [2.05, 4.69) is 9.88 Å². The minimum absolute atomic E-state index is 0.244. The minimum atomic E-state index is -0.688. The average molecular weight is 317 g/mol. The van der Waals surface area contributed by atoms with E-state index >= 15 is 0 Å². The zero-order valence-corrected chi connectivity index (χ0v) is 13.1. The normalized spacial score (nSPS) is 25.3. The van der Waals surface area contributed by atoms with Crippen LogP contribution < -0.4 is 0 Å². The second kappa shape index (κ2) is 6.04. The number of epoxide rings is 1. The molecule has 6 heteroatoms. The van der Waals surface area contributed by atoms with Gasteiger partial charge in [0.15, 0.2) is 12.4 Å². The summed E-state index contributed by atoms with van der Waals surface area (Å²) in [6.45, 7) is 3.21. The van der Waals surface area contributed by atoms with Crippen LogP contribution in [0.1, 0.15) is 35.9 Å². The first-order valence-electron chi connectivity index (χ1n) is 7.77. The molecule has 2 aromatic rings. The van der Waals surface area contributed by atoms with Crippen LogP contribution in [0.2, 0.25) is 0 Å². The highest BCUT2D eigenvalue weighted by atomic mass is 32.1. The van der Waals surface area contributed by atoms with E-state index in [0.29, 0.717) is 0 Å². The summed E-state index contributed by atoms with van der Waals surface area (Å²) in [5.74, 6) is 0. The highest BCUT2D eigenvalue weighted by molar-refractivity contribution is 7.15. The third-order valence-corrected chi connectivity index (χ3v) is 5.31. The van der Waals surface area contributed by atoms with Crippen LogP contribution in [0.4, 0.5) is 0 Å². The molecule has 2 atom stereocenters. The Kier molecular flexibility index (Phi) is 3.92. The van der Waals surface area contributed by atoms with Crippen LogP contribution in [0.25, 0.3) is 10.6 Å². The van der Waals surface area contributed by atoms with E-state index in [9.17, 15) is 5.11 Å². The maximum atomic E-state index is 9.61. The monoisotopic (exact) mass is 317 g/mol. The molecule has 1 N–H and O–H groups in total. The second-order valence-corrected chi connectivity index (χ2v) is 6.93. The summed E-state index contributed by atoms with van der Waals surface area (Å²) in [5.41, 5.74) is 1.98. The Balaban J connectivity index is 1.62. The van der Waals surface area contributed by atoms with Crippen LogP contribution in [0.15, 0.2) is 24.5 Å². The first-order valence-corrected chi connectivity index (χ1v) is 8.59. The summed E-state index contributed by atoms with van der Waals surface area (Å²) >= 11 is 1.70. The average Bonchev–Trinajstić information content (AvgIpc) is 3.14. The van der Waals surface area contributed by atoms with Gasteiger partial charge in [-0.1, -0.05) is 6.42 Å². The van der Waals surface area contributed by atoms with Gasteiger partial charge in [0.1, 0.15) is 5.01 Å². The Morgan fingerprint density at radius 3 is 2.64 bits per heavy atom. The van der Waals surface area contributed by atoms with Crippen LogP contribution in [-0.2, 0) is 11.3 Å². The first-order chi connectivity index (χ1) is 10.8. The number of aliphatic hydroxyl groups excluding tert-OH is 1. The molecule has 2 unspecified atom stereocenters. The Morgan fingerprint density at radius 1 is 1.23 bits per heavy atom. The first kappa shape index (κ1) is 14.3. The van der Waals surface area contributed by atoms with Crippen molar-refractivity contribution in [3.63, 3.8) is 0 Å². The molecule has 4 rings (SSSR count). The Bertz CT molecular complexity index is 640. The van der Waals surface area contributed by atoms with Gasteiger partial charge in [-0.15, -0.1) is 11.3 Å². The molecule has 22 heavy (non-hydrogen) atoms. The van der Waals surface area contributed by atoms with Gasteiger partial charge in [-0.3, -0.25) is 9.88 Å². The molecule has 2 aliphatic rings. The lowest BCUT2D eigenvalue weighted by molar-refractivity contribution is 0.156. The molecule has 2 saturated heterocycles. The van der Waals surface area contributed by atoms with Crippen molar-refractivity contribution >= 4 is 11.3 Å². The van der Waals surface area contributed by atoms with E-state index in [-0.39, 0.29) is 6.10 Å². The highest BCUT2D eigenvalue weighted by Gasteiger charge is 2.42. The van der Waals surface area contributed by atoms with E-state index in [1.54, 1.807) is 23.7 Å². The topological polar surface area (TPSA) is 61.8 Å². The van der Waals surface area contributed by atoms with Crippen LogP contribution in [0, 0.1) is 0 Å². The maximum Gasteiger partial charge on any atom is 0.188 e. The Hall–Kier alpha value is -1.34. The van der Waals surface area contributed by atoms with Crippen molar-refractivity contribution < 1.29 is 9.84 Å². The lowest BCUT2D eigenvalue weighted by Crippen LogP contribution is -2.29. The molecule has 0 saturated carbocycles. The Labute approximate surface area is 133 Å². The fraction of sp³-hybridized carbons (Fsp3) is 0.500. The number of hydrogen-bond donors (Lipinski definition) is 1. The van der Waals surface area contributed by atoms with Crippen molar-refractivity contribution in [1.82, 2.24) is 14.9 Å². The number of thiazole rings is 1. The summed E-state index contributed by atoms with van der Waals surface area (Å²) in [7, 11) is 0. The number of ether oxygens (including phenoxy) is 1. The summed E-state index contributed by atoms with van der Waals surface area (Å²) in [5, 5.41) is 10.6. The van der Waals surface area contributed by atoms with Crippen LogP contribution in [0.3, 0.4) is 0 Å². The molecular weight excluding hydrogens is 298 g/mol. The van der Waals surface area contributed by atoms with Gasteiger partial charge < -0.3 is 9.84 Å². The van der Waals surface area contributed by atoms with Gasteiger partial charge in [0.25, 0.3) is 0 Å². The molecule has 2 aromatic heterocycles. The van der Waals surface area contributed by atoms with Crippen molar-refractivity contribution in [1.29, 1.82) is 0 Å². The number of piperidine rings is 1. The van der Waals surface area contributed by atoms with E-state index < -0.39 is 6.29 Å². The number of nitrogens with zero attached hydrogens (tertiary/aromatic N) is 3. The number of aromatic nitrogens is 2. The van der Waals surface area contributed by atoms with Crippen LogP contribution in [-0.4, -0.2) is 39.4 Å². The molecular formula is C16H19N3O2S. The van der Waals surface area contributed by atoms with E-state index in [1.807, 2.05) is 12.1 Å². The molecule has 0 radical (unpaired) electrons. The summed E-state index contributed by atoms with van der Waals surface area (Å²) in [6.07, 6.45) is 6.51.